The molecule has 0 atom stereocenters. The summed E-state index contributed by atoms with van der Waals surface area (Å²) in [6.07, 6.45) is 1.45. The van der Waals surface area contributed by atoms with Crippen molar-refractivity contribution in [3.05, 3.63) is 66.0 Å². The lowest BCUT2D eigenvalue weighted by molar-refractivity contribution is 0.0997. The minimum atomic E-state index is -3.93. The molecule has 4 N–H and O–H groups in total. The lowest BCUT2D eigenvalue weighted by Crippen LogP contribution is -2.27. The van der Waals surface area contributed by atoms with E-state index in [1.54, 1.807) is 24.3 Å². The molecule has 0 aliphatic heterocycles. The van der Waals surface area contributed by atoms with Crippen LogP contribution in [0.5, 0.6) is 5.75 Å². The molecule has 0 bridgehead atoms. The first kappa shape index (κ1) is 18.0. The van der Waals surface area contributed by atoms with E-state index in [-0.39, 0.29) is 10.6 Å². The Morgan fingerprint density at radius 1 is 1.11 bits per heavy atom. The van der Waals surface area contributed by atoms with Gasteiger partial charge >= 0.3 is 0 Å². The van der Waals surface area contributed by atoms with Gasteiger partial charge in [0.2, 0.25) is 0 Å². The van der Waals surface area contributed by atoms with Crippen LogP contribution in [-0.2, 0) is 10.0 Å². The number of benzene rings is 2. The van der Waals surface area contributed by atoms with Crippen molar-refractivity contribution in [2.24, 2.45) is 5.73 Å². The number of aromatic amines is 1. The Bertz CT molecular complexity index is 1310. The Hall–Kier alpha value is -3.43. The normalized spacial score (nSPS) is 11.8. The maximum atomic E-state index is 12.6. The van der Waals surface area contributed by atoms with Crippen LogP contribution in [0.25, 0.3) is 21.8 Å². The van der Waals surface area contributed by atoms with Crippen LogP contribution in [0.2, 0.25) is 0 Å². The average molecular weight is 396 g/mol. The topological polar surface area (TPSA) is 127 Å². The second-order valence-electron chi connectivity index (χ2n) is 6.28. The molecule has 2 aromatic heterocycles. The summed E-state index contributed by atoms with van der Waals surface area (Å²) in [5.74, 6) is -0.294. The number of primary amides is 1. The summed E-state index contributed by atoms with van der Waals surface area (Å²) in [5, 5.41) is 1.27. The Labute approximate surface area is 160 Å². The number of H-pyrrole nitrogens is 1. The van der Waals surface area contributed by atoms with Crippen LogP contribution in [-0.4, -0.2) is 24.3 Å². The van der Waals surface area contributed by atoms with Crippen LogP contribution in [0.15, 0.2) is 59.6 Å². The highest BCUT2D eigenvalue weighted by atomic mass is 32.2. The number of pyridine rings is 1. The van der Waals surface area contributed by atoms with Gasteiger partial charge in [0.05, 0.1) is 10.4 Å². The summed E-state index contributed by atoms with van der Waals surface area (Å²) in [4.78, 5) is 26.0. The third kappa shape index (κ3) is 3.17. The molecule has 9 heteroatoms. The molecule has 2 heterocycles. The largest absolute Gasteiger partial charge is 0.394 e. The van der Waals surface area contributed by atoms with Crippen LogP contribution < -0.4 is 15.5 Å². The minimum absolute atomic E-state index is 0.0189. The van der Waals surface area contributed by atoms with Gasteiger partial charge in [-0.05, 0) is 48.2 Å². The van der Waals surface area contributed by atoms with Crippen molar-refractivity contribution in [1.82, 2.24) is 14.9 Å². The third-order valence-corrected chi connectivity index (χ3v) is 5.50. The number of fused-ring (bicyclic) bond motifs is 3. The molecular formula is C19H16N4O4S. The Kier molecular flexibility index (Phi) is 4.25. The van der Waals surface area contributed by atoms with E-state index >= 15 is 0 Å². The number of aryl methyl sites for hydroxylation is 1. The van der Waals surface area contributed by atoms with Crippen LogP contribution in [0.4, 0.5) is 0 Å². The second-order valence-corrected chi connectivity index (χ2v) is 7.93. The monoisotopic (exact) mass is 396 g/mol. The molecular weight excluding hydrogens is 380 g/mol. The van der Waals surface area contributed by atoms with Crippen LogP contribution >= 0.6 is 0 Å². The summed E-state index contributed by atoms with van der Waals surface area (Å²) < 4.78 is 25.2. The van der Waals surface area contributed by atoms with Gasteiger partial charge in [0.1, 0.15) is 5.75 Å². The molecule has 0 unspecified atom stereocenters. The van der Waals surface area contributed by atoms with Crippen molar-refractivity contribution in [3.8, 4) is 5.75 Å². The van der Waals surface area contributed by atoms with Gasteiger partial charge in [0.25, 0.3) is 15.9 Å². The molecule has 0 aliphatic rings. The van der Waals surface area contributed by atoms with Crippen molar-refractivity contribution < 1.29 is 18.0 Å². The molecule has 4 aromatic rings. The highest BCUT2D eigenvalue weighted by Gasteiger charge is 2.18. The lowest BCUT2D eigenvalue weighted by atomic mass is 10.1. The van der Waals surface area contributed by atoms with Gasteiger partial charge < -0.3 is 15.6 Å². The van der Waals surface area contributed by atoms with Crippen LogP contribution in [0.3, 0.4) is 0 Å². The fraction of sp³-hybridized carbons (Fsp3) is 0.0526. The van der Waals surface area contributed by atoms with Crippen molar-refractivity contribution in [2.45, 2.75) is 11.8 Å². The summed E-state index contributed by atoms with van der Waals surface area (Å²) >= 11 is 0. The number of carbonyl (C=O) groups is 1. The quantitative estimate of drug-likeness (QED) is 0.446. The van der Waals surface area contributed by atoms with Crippen molar-refractivity contribution >= 4 is 37.7 Å². The van der Waals surface area contributed by atoms with Gasteiger partial charge in [0, 0.05) is 22.5 Å². The van der Waals surface area contributed by atoms with E-state index in [1.165, 1.54) is 18.3 Å². The lowest BCUT2D eigenvalue weighted by Gasteiger charge is -2.08. The number of hydrogen-bond donors (Lipinski definition) is 3. The molecule has 0 aliphatic carbocycles. The van der Waals surface area contributed by atoms with Crippen molar-refractivity contribution in [1.29, 1.82) is 0 Å². The summed E-state index contributed by atoms with van der Waals surface area (Å²) in [6, 6.07) is 13.2. The molecule has 2 aromatic carbocycles. The number of carbonyl (C=O) groups excluding carboxylic acids is 1. The first-order valence-electron chi connectivity index (χ1n) is 8.31. The zero-order valence-corrected chi connectivity index (χ0v) is 15.6. The highest BCUT2D eigenvalue weighted by Crippen LogP contribution is 2.28. The smallest absolute Gasteiger partial charge is 0.271 e. The first-order valence-corrected chi connectivity index (χ1v) is 9.79. The van der Waals surface area contributed by atoms with Crippen LogP contribution in [0, 0.1) is 6.92 Å². The van der Waals surface area contributed by atoms with Crippen LogP contribution in [0.1, 0.15) is 16.1 Å². The van der Waals surface area contributed by atoms with Gasteiger partial charge in [0.15, 0.2) is 5.69 Å². The summed E-state index contributed by atoms with van der Waals surface area (Å²) in [5.41, 5.74) is 7.61. The van der Waals surface area contributed by atoms with E-state index in [1.807, 2.05) is 19.1 Å². The molecule has 28 heavy (non-hydrogen) atoms. The number of nitrogens with zero attached hydrogens (tertiary/aromatic N) is 1. The number of amides is 1. The van der Waals surface area contributed by atoms with E-state index in [9.17, 15) is 13.2 Å². The Balaban J connectivity index is 1.72. The maximum Gasteiger partial charge on any atom is 0.271 e. The predicted octanol–water partition coefficient (Wildman–Crippen LogP) is 2.40. The van der Waals surface area contributed by atoms with E-state index in [4.69, 9.17) is 10.6 Å². The number of rotatable bonds is 5. The zero-order valence-electron chi connectivity index (χ0n) is 14.8. The van der Waals surface area contributed by atoms with Crippen molar-refractivity contribution in [3.63, 3.8) is 0 Å². The number of aromatic nitrogens is 2. The highest BCUT2D eigenvalue weighted by molar-refractivity contribution is 7.89. The predicted molar refractivity (Wildman–Crippen MR) is 104 cm³/mol. The van der Waals surface area contributed by atoms with E-state index in [2.05, 4.69) is 14.9 Å². The molecule has 0 fully saturated rings. The van der Waals surface area contributed by atoms with Gasteiger partial charge in [-0.1, -0.05) is 17.7 Å². The fourth-order valence-corrected chi connectivity index (χ4v) is 3.74. The second kappa shape index (κ2) is 6.63. The van der Waals surface area contributed by atoms with Gasteiger partial charge in [-0.25, -0.2) is 13.4 Å². The van der Waals surface area contributed by atoms with E-state index < -0.39 is 15.9 Å². The zero-order chi connectivity index (χ0) is 19.9. The van der Waals surface area contributed by atoms with Gasteiger partial charge in [-0.3, -0.25) is 4.79 Å². The average Bonchev–Trinajstić information content (AvgIpc) is 3.05. The Morgan fingerprint density at radius 2 is 1.86 bits per heavy atom. The summed E-state index contributed by atoms with van der Waals surface area (Å²) in [6.45, 7) is 1.92. The standard InChI is InChI=1S/C19H16N4O4S/c1-11-2-4-12(5-3-11)27-23-28(25,26)13-6-7-16-15(10-13)14-8-9-21-18(19(20)24)17(14)22-16/h2-10,22-23H,1H3,(H2,20,24). The van der Waals surface area contributed by atoms with Crippen molar-refractivity contribution in [2.75, 3.05) is 0 Å². The van der Waals surface area contributed by atoms with Gasteiger partial charge in [-0.2, -0.15) is 0 Å². The Morgan fingerprint density at radius 3 is 2.57 bits per heavy atom. The fourth-order valence-electron chi connectivity index (χ4n) is 2.91. The molecule has 1 amide bonds. The molecule has 0 radical (unpaired) electrons. The number of nitrogens with one attached hydrogen (secondary N) is 2. The molecule has 142 valence electrons. The molecule has 0 spiro atoms. The molecule has 0 saturated carbocycles. The SMILES string of the molecule is Cc1ccc(ONS(=O)(=O)c2ccc3[nH]c4c(C(N)=O)nccc4c3c2)cc1. The molecule has 0 saturated heterocycles. The minimum Gasteiger partial charge on any atom is -0.394 e. The first-order chi connectivity index (χ1) is 13.3. The molecule has 8 nitrogen and oxygen atoms in total. The third-order valence-electron chi connectivity index (χ3n) is 4.33. The number of hydrogen-bond acceptors (Lipinski definition) is 5. The molecule has 4 rings (SSSR count). The maximum absolute atomic E-state index is 12.6. The van der Waals surface area contributed by atoms with E-state index in [0.717, 1.165) is 5.56 Å². The van der Waals surface area contributed by atoms with Gasteiger partial charge in [-0.15, -0.1) is 0 Å². The number of sulfonamides is 1. The number of nitrogens with two attached hydrogens (primary N) is 1. The summed E-state index contributed by atoms with van der Waals surface area (Å²) in [7, 11) is -3.93. The van der Waals surface area contributed by atoms with E-state index in [0.29, 0.717) is 27.6 Å².